The van der Waals surface area contributed by atoms with Gasteiger partial charge >= 0.3 is 0 Å². The second kappa shape index (κ2) is 8.48. The number of rotatable bonds is 5. The predicted molar refractivity (Wildman–Crippen MR) is 123 cm³/mol. The van der Waals surface area contributed by atoms with Gasteiger partial charge in [-0.3, -0.25) is 9.59 Å². The zero-order valence-corrected chi connectivity index (χ0v) is 17.5. The van der Waals surface area contributed by atoms with Crippen LogP contribution in [0.15, 0.2) is 90.2 Å². The molecule has 1 heterocycles. The number of aliphatic hydroxyl groups is 1. The standard InChI is InChI=1S/C26H24N2O3/c1-17(2)21-13-6-7-14-22(21)27-25(30)24-23(29)16-28(26(24)31)20-12-8-11-19(15-20)18-9-4-3-5-10-18/h3-15,17,29H,16H2,1-2H3,(H,27,30). The van der Waals surface area contributed by atoms with Gasteiger partial charge in [-0.2, -0.15) is 0 Å². The molecular weight excluding hydrogens is 388 g/mol. The first kappa shape index (κ1) is 20.4. The SMILES string of the molecule is CC(C)c1ccccc1NC(=O)C1=C(O)CN(c2cccc(-c3ccccc3)c2)C1=O. The largest absolute Gasteiger partial charge is 0.509 e. The minimum absolute atomic E-state index is 0.0361. The van der Waals surface area contributed by atoms with Gasteiger partial charge in [-0.1, -0.05) is 74.5 Å². The van der Waals surface area contributed by atoms with Crippen LogP contribution in [0.1, 0.15) is 25.3 Å². The van der Waals surface area contributed by atoms with Crippen molar-refractivity contribution < 1.29 is 14.7 Å². The number of nitrogens with one attached hydrogen (secondary N) is 1. The summed E-state index contributed by atoms with van der Waals surface area (Å²) in [5.74, 6) is -1.13. The fourth-order valence-electron chi connectivity index (χ4n) is 3.78. The number of anilines is 2. The van der Waals surface area contributed by atoms with E-state index in [4.69, 9.17) is 0 Å². The predicted octanol–water partition coefficient (Wildman–Crippen LogP) is 5.27. The fourth-order valence-corrected chi connectivity index (χ4v) is 3.78. The molecule has 0 spiro atoms. The first-order valence-electron chi connectivity index (χ1n) is 10.3. The molecule has 1 aliphatic heterocycles. The van der Waals surface area contributed by atoms with Gasteiger partial charge in [0.05, 0.1) is 6.54 Å². The van der Waals surface area contributed by atoms with Gasteiger partial charge in [-0.25, -0.2) is 0 Å². The van der Waals surface area contributed by atoms with E-state index in [1.165, 1.54) is 4.90 Å². The van der Waals surface area contributed by atoms with E-state index in [0.29, 0.717) is 11.4 Å². The van der Waals surface area contributed by atoms with Crippen LogP contribution in [0.25, 0.3) is 11.1 Å². The smallest absolute Gasteiger partial charge is 0.267 e. The van der Waals surface area contributed by atoms with Gasteiger partial charge in [0, 0.05) is 11.4 Å². The van der Waals surface area contributed by atoms with Crippen LogP contribution >= 0.6 is 0 Å². The maximum Gasteiger partial charge on any atom is 0.267 e. The maximum absolute atomic E-state index is 13.1. The van der Waals surface area contributed by atoms with Crippen molar-refractivity contribution in [3.05, 3.63) is 95.8 Å². The first-order chi connectivity index (χ1) is 15.0. The Kier molecular flexibility index (Phi) is 5.58. The minimum Gasteiger partial charge on any atom is -0.509 e. The summed E-state index contributed by atoms with van der Waals surface area (Å²) in [5, 5.41) is 13.3. The van der Waals surface area contributed by atoms with Gasteiger partial charge in [0.15, 0.2) is 0 Å². The molecule has 4 rings (SSSR count). The molecule has 0 saturated heterocycles. The van der Waals surface area contributed by atoms with Crippen LogP contribution in [-0.2, 0) is 9.59 Å². The van der Waals surface area contributed by atoms with Crippen molar-refractivity contribution in [3.8, 4) is 11.1 Å². The summed E-state index contributed by atoms with van der Waals surface area (Å²) in [6.45, 7) is 4.03. The Morgan fingerprint density at radius 2 is 1.61 bits per heavy atom. The van der Waals surface area contributed by atoms with Crippen LogP contribution in [0.4, 0.5) is 11.4 Å². The van der Waals surface area contributed by atoms with Crippen LogP contribution in [0.5, 0.6) is 0 Å². The topological polar surface area (TPSA) is 69.6 Å². The summed E-state index contributed by atoms with van der Waals surface area (Å²) >= 11 is 0. The Bertz CT molecular complexity index is 1170. The van der Waals surface area contributed by atoms with Crippen molar-refractivity contribution in [2.75, 3.05) is 16.8 Å². The van der Waals surface area contributed by atoms with E-state index in [1.54, 1.807) is 12.1 Å². The number of carbonyl (C=O) groups is 2. The van der Waals surface area contributed by atoms with Crippen LogP contribution in [0.2, 0.25) is 0 Å². The van der Waals surface area contributed by atoms with Gasteiger partial charge in [0.2, 0.25) is 0 Å². The molecule has 0 fully saturated rings. The zero-order chi connectivity index (χ0) is 22.0. The molecule has 0 atom stereocenters. The van der Waals surface area contributed by atoms with Crippen LogP contribution < -0.4 is 10.2 Å². The van der Waals surface area contributed by atoms with Crippen molar-refractivity contribution in [2.24, 2.45) is 0 Å². The molecule has 2 amide bonds. The molecule has 5 heteroatoms. The molecule has 3 aromatic rings. The average Bonchev–Trinajstić information content (AvgIpc) is 3.08. The average molecular weight is 412 g/mol. The van der Waals surface area contributed by atoms with Gasteiger partial charge in [-0.05, 0) is 40.8 Å². The Labute approximate surface area is 181 Å². The van der Waals surface area contributed by atoms with Crippen LogP contribution in [-0.4, -0.2) is 23.5 Å². The molecule has 0 unspecified atom stereocenters. The Morgan fingerprint density at radius 1 is 0.935 bits per heavy atom. The molecule has 0 bridgehead atoms. The van der Waals surface area contributed by atoms with Gasteiger partial charge in [0.25, 0.3) is 11.8 Å². The number of para-hydroxylation sites is 1. The molecule has 0 aliphatic carbocycles. The third kappa shape index (κ3) is 4.08. The van der Waals surface area contributed by atoms with Crippen LogP contribution in [0.3, 0.4) is 0 Å². The van der Waals surface area contributed by atoms with Crippen molar-refractivity contribution in [3.63, 3.8) is 0 Å². The Balaban J connectivity index is 1.57. The number of nitrogens with zero attached hydrogens (tertiary/aromatic N) is 1. The number of hydrogen-bond donors (Lipinski definition) is 2. The third-order valence-corrected chi connectivity index (χ3v) is 5.38. The fraction of sp³-hybridized carbons (Fsp3) is 0.154. The molecule has 1 aliphatic rings. The molecule has 0 aromatic heterocycles. The molecule has 3 aromatic carbocycles. The number of aliphatic hydroxyl groups excluding tert-OH is 1. The van der Waals surface area contributed by atoms with E-state index in [2.05, 4.69) is 5.32 Å². The second-order valence-electron chi connectivity index (χ2n) is 7.83. The monoisotopic (exact) mass is 412 g/mol. The lowest BCUT2D eigenvalue weighted by Gasteiger charge is -2.18. The number of hydrogen-bond acceptors (Lipinski definition) is 3. The summed E-state index contributed by atoms with van der Waals surface area (Å²) < 4.78 is 0. The van der Waals surface area contributed by atoms with Gasteiger partial charge in [-0.15, -0.1) is 0 Å². The summed E-state index contributed by atoms with van der Waals surface area (Å²) in [4.78, 5) is 27.4. The highest BCUT2D eigenvalue weighted by molar-refractivity contribution is 6.29. The number of carbonyl (C=O) groups excluding carboxylic acids is 2. The number of amides is 2. The molecule has 156 valence electrons. The number of benzene rings is 3. The third-order valence-electron chi connectivity index (χ3n) is 5.38. The van der Waals surface area contributed by atoms with Crippen molar-refractivity contribution in [2.45, 2.75) is 19.8 Å². The quantitative estimate of drug-likeness (QED) is 0.561. The van der Waals surface area contributed by atoms with E-state index >= 15 is 0 Å². The second-order valence-corrected chi connectivity index (χ2v) is 7.83. The van der Waals surface area contributed by atoms with Gasteiger partial charge < -0.3 is 15.3 Å². The molecule has 0 saturated carbocycles. The summed E-state index contributed by atoms with van der Waals surface area (Å²) in [7, 11) is 0. The highest BCUT2D eigenvalue weighted by Gasteiger charge is 2.36. The Hall–Kier alpha value is -3.86. The molecule has 31 heavy (non-hydrogen) atoms. The van der Waals surface area contributed by atoms with E-state index in [0.717, 1.165) is 16.7 Å². The highest BCUT2D eigenvalue weighted by atomic mass is 16.3. The van der Waals surface area contributed by atoms with E-state index in [-0.39, 0.29) is 23.8 Å². The van der Waals surface area contributed by atoms with Crippen molar-refractivity contribution in [1.29, 1.82) is 0 Å². The molecule has 0 radical (unpaired) electrons. The van der Waals surface area contributed by atoms with E-state index < -0.39 is 11.8 Å². The summed E-state index contributed by atoms with van der Waals surface area (Å²) in [6.07, 6.45) is 0. The van der Waals surface area contributed by atoms with E-state index in [1.807, 2.05) is 80.6 Å². The Morgan fingerprint density at radius 3 is 2.35 bits per heavy atom. The molecule has 5 nitrogen and oxygen atoms in total. The van der Waals surface area contributed by atoms with Gasteiger partial charge in [0.1, 0.15) is 11.3 Å². The van der Waals surface area contributed by atoms with Crippen LogP contribution in [0, 0.1) is 0 Å². The lowest BCUT2D eigenvalue weighted by Crippen LogP contribution is -2.30. The van der Waals surface area contributed by atoms with E-state index in [9.17, 15) is 14.7 Å². The zero-order valence-electron chi connectivity index (χ0n) is 17.5. The minimum atomic E-state index is -0.600. The normalized spacial score (nSPS) is 13.8. The highest BCUT2D eigenvalue weighted by Crippen LogP contribution is 2.30. The molecular formula is C26H24N2O3. The summed E-state index contributed by atoms with van der Waals surface area (Å²) in [5.41, 5.74) is 3.99. The van der Waals surface area contributed by atoms with Crippen molar-refractivity contribution in [1.82, 2.24) is 0 Å². The lowest BCUT2D eigenvalue weighted by molar-refractivity contribution is -0.119. The maximum atomic E-state index is 13.1. The lowest BCUT2D eigenvalue weighted by atomic mass is 10.0. The summed E-state index contributed by atoms with van der Waals surface area (Å²) in [6, 6.07) is 24.8. The van der Waals surface area contributed by atoms with Crippen molar-refractivity contribution >= 4 is 23.2 Å². The first-order valence-corrected chi connectivity index (χ1v) is 10.3. The molecule has 2 N–H and O–H groups in total.